The number of hydrogen-bond donors (Lipinski definition) is 2. The lowest BCUT2D eigenvalue weighted by Crippen LogP contribution is -2.13. The van der Waals surface area contributed by atoms with E-state index in [1.165, 1.54) is 12.3 Å². The average Bonchev–Trinajstić information content (AvgIpc) is 2.40. The normalized spacial score (nSPS) is 11.2. The van der Waals surface area contributed by atoms with Crippen molar-refractivity contribution in [1.29, 1.82) is 0 Å². The highest BCUT2D eigenvalue weighted by molar-refractivity contribution is 7.80. The molecular formula is C13H9ClF3N3S. The topological polar surface area (TPSA) is 50.9 Å². The van der Waals surface area contributed by atoms with Crippen LogP contribution >= 0.6 is 23.8 Å². The van der Waals surface area contributed by atoms with Gasteiger partial charge in [-0.05, 0) is 30.3 Å². The van der Waals surface area contributed by atoms with Gasteiger partial charge >= 0.3 is 6.18 Å². The maximum Gasteiger partial charge on any atom is 0.416 e. The highest BCUT2D eigenvalue weighted by Gasteiger charge is 2.30. The smallest absolute Gasteiger partial charge is 0.389 e. The molecule has 1 heterocycles. The van der Waals surface area contributed by atoms with Gasteiger partial charge < -0.3 is 11.1 Å². The van der Waals surface area contributed by atoms with Crippen molar-refractivity contribution in [2.75, 3.05) is 5.32 Å². The van der Waals surface area contributed by atoms with Crippen molar-refractivity contribution in [3.8, 4) is 0 Å². The number of nitrogens with two attached hydrogens (primary N) is 1. The lowest BCUT2D eigenvalue weighted by atomic mass is 10.2. The van der Waals surface area contributed by atoms with Crippen LogP contribution in [0.2, 0.25) is 5.02 Å². The first-order valence-electron chi connectivity index (χ1n) is 5.67. The number of rotatable bonds is 3. The molecule has 1 aromatic heterocycles. The number of aromatic nitrogens is 1. The predicted octanol–water partition coefficient (Wildman–Crippen LogP) is 4.13. The van der Waals surface area contributed by atoms with Gasteiger partial charge in [0.05, 0.1) is 21.8 Å². The molecule has 0 atom stereocenters. The van der Waals surface area contributed by atoms with E-state index in [0.717, 1.165) is 12.1 Å². The minimum Gasteiger partial charge on any atom is -0.389 e. The second kappa shape index (κ2) is 5.87. The summed E-state index contributed by atoms with van der Waals surface area (Å²) in [5, 5.41) is 2.74. The van der Waals surface area contributed by atoms with Crippen LogP contribution in [0.3, 0.4) is 0 Å². The number of nitrogens with one attached hydrogen (secondary N) is 1. The largest absolute Gasteiger partial charge is 0.416 e. The van der Waals surface area contributed by atoms with Crippen LogP contribution in [0.15, 0.2) is 36.5 Å². The zero-order chi connectivity index (χ0) is 15.6. The zero-order valence-electron chi connectivity index (χ0n) is 10.4. The lowest BCUT2D eigenvalue weighted by Gasteiger charge is -2.13. The van der Waals surface area contributed by atoms with E-state index >= 15 is 0 Å². The quantitative estimate of drug-likeness (QED) is 0.830. The Morgan fingerprint density at radius 3 is 2.57 bits per heavy atom. The molecule has 2 rings (SSSR count). The fourth-order valence-electron chi connectivity index (χ4n) is 1.62. The minimum absolute atomic E-state index is 0.0793. The summed E-state index contributed by atoms with van der Waals surface area (Å²) in [4.78, 5) is 4.17. The molecule has 0 unspecified atom stereocenters. The maximum atomic E-state index is 12.6. The van der Waals surface area contributed by atoms with Crippen molar-refractivity contribution in [1.82, 2.24) is 4.98 Å². The molecule has 0 saturated carbocycles. The van der Waals surface area contributed by atoms with Gasteiger partial charge in [0.1, 0.15) is 10.8 Å². The molecular weight excluding hydrogens is 323 g/mol. The summed E-state index contributed by atoms with van der Waals surface area (Å²) in [5.41, 5.74) is 5.49. The first-order valence-corrected chi connectivity index (χ1v) is 6.46. The van der Waals surface area contributed by atoms with Crippen LogP contribution in [0.5, 0.6) is 0 Å². The summed E-state index contributed by atoms with van der Waals surface area (Å²) in [6, 6.07) is 6.29. The standard InChI is InChI=1S/C13H9ClF3N3S/c14-9-6-7(13(15,16)17)3-4-10(9)20-12-8(11(18)21)2-1-5-19-12/h1-6H,(H2,18,21)(H,19,20). The fourth-order valence-corrected chi connectivity index (χ4v) is 2.02. The monoisotopic (exact) mass is 331 g/mol. The third kappa shape index (κ3) is 3.62. The Kier molecular flexibility index (Phi) is 4.34. The Labute approximate surface area is 128 Å². The molecule has 8 heteroatoms. The van der Waals surface area contributed by atoms with Crippen molar-refractivity contribution < 1.29 is 13.2 Å². The van der Waals surface area contributed by atoms with Crippen LogP contribution in [0, 0.1) is 0 Å². The van der Waals surface area contributed by atoms with Crippen molar-refractivity contribution in [2.24, 2.45) is 5.73 Å². The SMILES string of the molecule is NC(=S)c1cccnc1Nc1ccc(C(F)(F)F)cc1Cl. The van der Waals surface area contributed by atoms with E-state index in [9.17, 15) is 13.2 Å². The summed E-state index contributed by atoms with van der Waals surface area (Å²) < 4.78 is 37.7. The molecule has 0 saturated heterocycles. The molecule has 0 fully saturated rings. The van der Waals surface area contributed by atoms with Crippen molar-refractivity contribution in [3.05, 3.63) is 52.7 Å². The van der Waals surface area contributed by atoms with Gasteiger partial charge in [0.25, 0.3) is 0 Å². The summed E-state index contributed by atoms with van der Waals surface area (Å²) in [5.74, 6) is 0.326. The van der Waals surface area contributed by atoms with Crippen LogP contribution in [0.1, 0.15) is 11.1 Å². The summed E-state index contributed by atoms with van der Waals surface area (Å²) in [6.07, 6.45) is -2.95. The maximum absolute atomic E-state index is 12.6. The molecule has 2 aromatic rings. The Hall–Kier alpha value is -1.86. The van der Waals surface area contributed by atoms with Crippen molar-refractivity contribution in [3.63, 3.8) is 0 Å². The van der Waals surface area contributed by atoms with E-state index in [-0.39, 0.29) is 15.7 Å². The molecule has 1 aromatic carbocycles. The Balaban J connectivity index is 2.35. The van der Waals surface area contributed by atoms with Crippen LogP contribution in [-0.4, -0.2) is 9.97 Å². The third-order valence-corrected chi connectivity index (χ3v) is 3.16. The number of halogens is 4. The minimum atomic E-state index is -4.45. The van der Waals surface area contributed by atoms with Crippen LogP contribution in [0.4, 0.5) is 24.7 Å². The first kappa shape index (κ1) is 15.5. The molecule has 0 aliphatic heterocycles. The van der Waals surface area contributed by atoms with E-state index in [1.54, 1.807) is 12.1 Å². The van der Waals surface area contributed by atoms with E-state index < -0.39 is 11.7 Å². The number of alkyl halides is 3. The van der Waals surface area contributed by atoms with Crippen LogP contribution in [-0.2, 0) is 6.18 Å². The molecule has 0 radical (unpaired) electrons. The van der Waals surface area contributed by atoms with Gasteiger partial charge in [-0.15, -0.1) is 0 Å². The molecule has 3 nitrogen and oxygen atoms in total. The number of thiocarbonyl (C=S) groups is 1. The summed E-state index contributed by atoms with van der Waals surface area (Å²) in [6.45, 7) is 0. The molecule has 110 valence electrons. The Morgan fingerprint density at radius 2 is 2.00 bits per heavy atom. The second-order valence-electron chi connectivity index (χ2n) is 4.08. The van der Waals surface area contributed by atoms with Crippen LogP contribution < -0.4 is 11.1 Å². The molecule has 21 heavy (non-hydrogen) atoms. The summed E-state index contributed by atoms with van der Waals surface area (Å²) in [7, 11) is 0. The average molecular weight is 332 g/mol. The van der Waals surface area contributed by atoms with Gasteiger partial charge in [0.2, 0.25) is 0 Å². The van der Waals surface area contributed by atoms with E-state index in [1.807, 2.05) is 0 Å². The van der Waals surface area contributed by atoms with Crippen LogP contribution in [0.25, 0.3) is 0 Å². The molecule has 3 N–H and O–H groups in total. The molecule has 0 amide bonds. The first-order chi connectivity index (χ1) is 9.79. The van der Waals surface area contributed by atoms with Gasteiger partial charge in [0.15, 0.2) is 0 Å². The van der Waals surface area contributed by atoms with Crippen molar-refractivity contribution >= 4 is 40.3 Å². The Morgan fingerprint density at radius 1 is 1.29 bits per heavy atom. The number of nitrogens with zero attached hydrogens (tertiary/aromatic N) is 1. The molecule has 0 spiro atoms. The van der Waals surface area contributed by atoms with Gasteiger partial charge in [-0.25, -0.2) is 4.98 Å². The van der Waals surface area contributed by atoms with E-state index in [2.05, 4.69) is 10.3 Å². The van der Waals surface area contributed by atoms with Gasteiger partial charge in [0, 0.05) is 6.20 Å². The third-order valence-electron chi connectivity index (χ3n) is 2.62. The summed E-state index contributed by atoms with van der Waals surface area (Å²) >= 11 is 10.7. The van der Waals surface area contributed by atoms with Gasteiger partial charge in [-0.2, -0.15) is 13.2 Å². The lowest BCUT2D eigenvalue weighted by molar-refractivity contribution is -0.137. The van der Waals surface area contributed by atoms with Crippen molar-refractivity contribution in [2.45, 2.75) is 6.18 Å². The molecule has 0 aliphatic rings. The Bertz CT molecular complexity index is 689. The number of anilines is 2. The second-order valence-corrected chi connectivity index (χ2v) is 4.93. The highest BCUT2D eigenvalue weighted by Crippen LogP contribution is 2.34. The van der Waals surface area contributed by atoms with E-state index in [4.69, 9.17) is 29.6 Å². The van der Waals surface area contributed by atoms with E-state index in [0.29, 0.717) is 11.4 Å². The van der Waals surface area contributed by atoms with Gasteiger partial charge in [-0.3, -0.25) is 0 Å². The van der Waals surface area contributed by atoms with Gasteiger partial charge in [-0.1, -0.05) is 23.8 Å². The number of pyridine rings is 1. The molecule has 0 aliphatic carbocycles. The zero-order valence-corrected chi connectivity index (χ0v) is 12.0. The predicted molar refractivity (Wildman–Crippen MR) is 79.9 cm³/mol. The fraction of sp³-hybridized carbons (Fsp3) is 0.0769. The highest BCUT2D eigenvalue weighted by atomic mass is 35.5. The number of benzene rings is 1. The number of hydrogen-bond acceptors (Lipinski definition) is 3. The molecule has 0 bridgehead atoms.